The second kappa shape index (κ2) is 7.04. The van der Waals surface area contributed by atoms with Crippen LogP contribution in [0.2, 0.25) is 0 Å². The minimum Gasteiger partial charge on any atom is -0.496 e. The molecule has 0 atom stereocenters. The number of hydrogen-bond acceptors (Lipinski definition) is 3. The topological polar surface area (TPSA) is 51.2 Å². The number of benzene rings is 1. The normalized spacial score (nSPS) is 10.6. The van der Waals surface area contributed by atoms with Gasteiger partial charge in [-0.15, -0.1) is 0 Å². The summed E-state index contributed by atoms with van der Waals surface area (Å²) >= 11 is 3.39. The van der Waals surface area contributed by atoms with Crippen LogP contribution in [-0.4, -0.2) is 18.0 Å². The monoisotopic (exact) mass is 346 g/mol. The second-order valence-corrected chi connectivity index (χ2v) is 5.34. The number of pyridine rings is 1. The van der Waals surface area contributed by atoms with Crippen molar-refractivity contribution in [2.75, 3.05) is 12.4 Å². The lowest BCUT2D eigenvalue weighted by Gasteiger charge is -2.05. The number of aromatic nitrogens is 1. The smallest absolute Gasteiger partial charge is 0.249 e. The summed E-state index contributed by atoms with van der Waals surface area (Å²) in [4.78, 5) is 16.0. The number of carbonyl (C=O) groups is 1. The molecule has 1 N–H and O–H groups in total. The number of ether oxygens (including phenoxy) is 1. The molecule has 2 aromatic rings. The summed E-state index contributed by atoms with van der Waals surface area (Å²) in [6, 6.07) is 9.29. The van der Waals surface area contributed by atoms with E-state index in [0.717, 1.165) is 15.6 Å². The third-order valence-electron chi connectivity index (χ3n) is 2.77. The van der Waals surface area contributed by atoms with E-state index in [1.807, 2.05) is 37.3 Å². The molecule has 0 saturated carbocycles. The first-order valence-corrected chi connectivity index (χ1v) is 7.13. The average molecular weight is 347 g/mol. The van der Waals surface area contributed by atoms with Crippen LogP contribution < -0.4 is 10.1 Å². The highest BCUT2D eigenvalue weighted by molar-refractivity contribution is 9.10. The van der Waals surface area contributed by atoms with Gasteiger partial charge in [0, 0.05) is 22.3 Å². The molecule has 1 heterocycles. The molecule has 21 heavy (non-hydrogen) atoms. The highest BCUT2D eigenvalue weighted by atomic mass is 79.9. The van der Waals surface area contributed by atoms with Crippen LogP contribution in [-0.2, 0) is 4.79 Å². The van der Waals surface area contributed by atoms with Crippen LogP contribution >= 0.6 is 15.9 Å². The fourth-order valence-corrected chi connectivity index (χ4v) is 2.15. The number of carbonyl (C=O) groups excluding carboxylic acids is 1. The van der Waals surface area contributed by atoms with Crippen LogP contribution in [0.25, 0.3) is 6.08 Å². The van der Waals surface area contributed by atoms with Crippen LogP contribution in [0.3, 0.4) is 0 Å². The van der Waals surface area contributed by atoms with Gasteiger partial charge in [-0.3, -0.25) is 4.79 Å². The lowest BCUT2D eigenvalue weighted by Crippen LogP contribution is -2.09. The molecule has 5 heteroatoms. The fraction of sp³-hybridized carbons (Fsp3) is 0.125. The largest absolute Gasteiger partial charge is 0.496 e. The van der Waals surface area contributed by atoms with Gasteiger partial charge in [0.2, 0.25) is 5.91 Å². The molecule has 2 rings (SSSR count). The van der Waals surface area contributed by atoms with Gasteiger partial charge < -0.3 is 10.1 Å². The maximum absolute atomic E-state index is 11.9. The molecule has 0 saturated heterocycles. The van der Waals surface area contributed by atoms with E-state index in [9.17, 15) is 4.79 Å². The van der Waals surface area contributed by atoms with Gasteiger partial charge in [-0.05, 0) is 48.9 Å². The third kappa shape index (κ3) is 4.43. The van der Waals surface area contributed by atoms with Crippen molar-refractivity contribution in [1.82, 2.24) is 4.98 Å². The highest BCUT2D eigenvalue weighted by Crippen LogP contribution is 2.24. The number of halogens is 1. The summed E-state index contributed by atoms with van der Waals surface area (Å²) < 4.78 is 6.17. The number of rotatable bonds is 4. The third-order valence-corrected chi connectivity index (χ3v) is 3.27. The molecule has 0 aliphatic heterocycles. The zero-order chi connectivity index (χ0) is 15.2. The predicted octanol–water partition coefficient (Wildman–Crippen LogP) is 3.81. The minimum absolute atomic E-state index is 0.241. The molecule has 108 valence electrons. The minimum atomic E-state index is -0.241. The van der Waals surface area contributed by atoms with Gasteiger partial charge in [0.25, 0.3) is 0 Å². The average Bonchev–Trinajstić information content (AvgIpc) is 2.45. The van der Waals surface area contributed by atoms with E-state index < -0.39 is 0 Å². The molecule has 1 aromatic heterocycles. The van der Waals surface area contributed by atoms with E-state index in [1.165, 1.54) is 6.08 Å². The van der Waals surface area contributed by atoms with Crippen LogP contribution in [0.4, 0.5) is 5.82 Å². The maximum atomic E-state index is 11.9. The number of anilines is 1. The number of nitrogens with zero attached hydrogens (tertiary/aromatic N) is 1. The predicted molar refractivity (Wildman–Crippen MR) is 87.3 cm³/mol. The fourth-order valence-electron chi connectivity index (χ4n) is 1.77. The Bertz CT molecular complexity index is 684. The van der Waals surface area contributed by atoms with Crippen molar-refractivity contribution in [3.63, 3.8) is 0 Å². The first kappa shape index (κ1) is 15.3. The van der Waals surface area contributed by atoms with Crippen LogP contribution in [0, 0.1) is 6.92 Å². The van der Waals surface area contributed by atoms with Gasteiger partial charge in [-0.25, -0.2) is 4.98 Å². The molecule has 0 aliphatic rings. The summed E-state index contributed by atoms with van der Waals surface area (Å²) in [5.74, 6) is 0.997. The van der Waals surface area contributed by atoms with Crippen molar-refractivity contribution >= 4 is 33.7 Å². The van der Waals surface area contributed by atoms with Gasteiger partial charge in [0.1, 0.15) is 11.6 Å². The van der Waals surface area contributed by atoms with Gasteiger partial charge >= 0.3 is 0 Å². The zero-order valence-electron chi connectivity index (χ0n) is 11.8. The summed E-state index contributed by atoms with van der Waals surface area (Å²) in [5, 5.41) is 2.72. The Morgan fingerprint density at radius 3 is 2.86 bits per heavy atom. The Morgan fingerprint density at radius 1 is 1.33 bits per heavy atom. The van der Waals surface area contributed by atoms with Crippen LogP contribution in [0.15, 0.2) is 47.1 Å². The number of nitrogens with one attached hydrogen (secondary N) is 1. The number of methoxy groups -OCH3 is 1. The van der Waals surface area contributed by atoms with E-state index in [-0.39, 0.29) is 5.91 Å². The van der Waals surface area contributed by atoms with Gasteiger partial charge in [0.15, 0.2) is 0 Å². The Balaban J connectivity index is 2.10. The van der Waals surface area contributed by atoms with E-state index in [0.29, 0.717) is 11.6 Å². The standard InChI is InChI=1S/C16H15BrN2O2/c1-11-7-8-18-15(9-11)19-16(20)6-3-12-10-13(17)4-5-14(12)21-2/h3-10H,1-2H3,(H,18,19,20)/b6-3+. The van der Waals surface area contributed by atoms with Crippen molar-refractivity contribution in [2.45, 2.75) is 6.92 Å². The Labute approximate surface area is 132 Å². The Kier molecular flexibility index (Phi) is 5.11. The quantitative estimate of drug-likeness (QED) is 0.856. The highest BCUT2D eigenvalue weighted by Gasteiger charge is 2.02. The molecule has 0 fully saturated rings. The maximum Gasteiger partial charge on any atom is 0.249 e. The zero-order valence-corrected chi connectivity index (χ0v) is 13.3. The van der Waals surface area contributed by atoms with E-state index in [4.69, 9.17) is 4.74 Å². The van der Waals surface area contributed by atoms with Crippen molar-refractivity contribution < 1.29 is 9.53 Å². The first-order valence-electron chi connectivity index (χ1n) is 6.34. The SMILES string of the molecule is COc1ccc(Br)cc1/C=C/C(=O)Nc1cc(C)ccn1. The number of aryl methyl sites for hydroxylation is 1. The van der Waals surface area contributed by atoms with Crippen molar-refractivity contribution in [3.8, 4) is 5.75 Å². The van der Waals surface area contributed by atoms with Crippen LogP contribution in [0.5, 0.6) is 5.75 Å². The van der Waals surface area contributed by atoms with Crippen molar-refractivity contribution in [2.24, 2.45) is 0 Å². The summed E-state index contributed by atoms with van der Waals surface area (Å²) in [5.41, 5.74) is 1.86. The molecule has 0 radical (unpaired) electrons. The van der Waals surface area contributed by atoms with Crippen molar-refractivity contribution in [1.29, 1.82) is 0 Å². The lowest BCUT2D eigenvalue weighted by molar-refractivity contribution is -0.111. The van der Waals surface area contributed by atoms with E-state index in [2.05, 4.69) is 26.2 Å². The molecule has 4 nitrogen and oxygen atoms in total. The summed E-state index contributed by atoms with van der Waals surface area (Å²) in [6.45, 7) is 1.94. The molecule has 1 aromatic carbocycles. The molecular formula is C16H15BrN2O2. The molecule has 0 aliphatic carbocycles. The molecule has 0 unspecified atom stereocenters. The molecular weight excluding hydrogens is 332 g/mol. The summed E-state index contributed by atoms with van der Waals surface area (Å²) in [6.07, 6.45) is 4.81. The molecule has 1 amide bonds. The van der Waals surface area contributed by atoms with Gasteiger partial charge in [0.05, 0.1) is 7.11 Å². The number of hydrogen-bond donors (Lipinski definition) is 1. The van der Waals surface area contributed by atoms with Crippen LogP contribution in [0.1, 0.15) is 11.1 Å². The van der Waals surface area contributed by atoms with E-state index >= 15 is 0 Å². The van der Waals surface area contributed by atoms with Crippen molar-refractivity contribution in [3.05, 3.63) is 58.2 Å². The number of amides is 1. The Hall–Kier alpha value is -2.14. The lowest BCUT2D eigenvalue weighted by atomic mass is 10.2. The summed E-state index contributed by atoms with van der Waals surface area (Å²) in [7, 11) is 1.59. The van der Waals surface area contributed by atoms with E-state index in [1.54, 1.807) is 19.4 Å². The van der Waals surface area contributed by atoms with Gasteiger partial charge in [-0.1, -0.05) is 15.9 Å². The second-order valence-electron chi connectivity index (χ2n) is 4.43. The molecule has 0 spiro atoms. The van der Waals surface area contributed by atoms with Gasteiger partial charge in [-0.2, -0.15) is 0 Å². The molecule has 0 bridgehead atoms. The first-order chi connectivity index (χ1) is 10.1. The Morgan fingerprint density at radius 2 is 2.14 bits per heavy atom.